The number of phenols is 1. The van der Waals surface area contributed by atoms with E-state index in [1.807, 2.05) is 31.2 Å². The van der Waals surface area contributed by atoms with E-state index in [4.69, 9.17) is 4.42 Å². The van der Waals surface area contributed by atoms with E-state index in [0.717, 1.165) is 16.9 Å². The van der Waals surface area contributed by atoms with E-state index in [9.17, 15) is 5.11 Å². The van der Waals surface area contributed by atoms with Gasteiger partial charge in [-0.1, -0.05) is 12.1 Å². The molecule has 0 aliphatic heterocycles. The molecule has 2 aromatic rings. The van der Waals surface area contributed by atoms with Crippen molar-refractivity contribution in [3.8, 4) is 5.75 Å². The first-order valence-corrected chi connectivity index (χ1v) is 4.56. The molecular weight excluding hydrogens is 176 g/mol. The number of phenolic OH excluding ortho intramolecular Hbond substituents is 1. The van der Waals surface area contributed by atoms with Crippen molar-refractivity contribution in [1.82, 2.24) is 0 Å². The second-order valence-corrected chi connectivity index (χ2v) is 3.39. The Hall–Kier alpha value is -1.70. The average Bonchev–Trinajstić information content (AvgIpc) is 2.62. The lowest BCUT2D eigenvalue weighted by atomic mass is 10.1. The van der Waals surface area contributed by atoms with Gasteiger partial charge in [-0.3, -0.25) is 0 Å². The van der Waals surface area contributed by atoms with Crippen molar-refractivity contribution in [2.75, 3.05) is 0 Å². The molecule has 0 atom stereocenters. The van der Waals surface area contributed by atoms with E-state index in [2.05, 4.69) is 0 Å². The smallest absolute Gasteiger partial charge is 0.119 e. The highest BCUT2D eigenvalue weighted by atomic mass is 16.3. The Kier molecular flexibility index (Phi) is 2.27. The van der Waals surface area contributed by atoms with Crippen LogP contribution >= 0.6 is 0 Å². The van der Waals surface area contributed by atoms with Gasteiger partial charge in [0.2, 0.25) is 0 Å². The molecule has 0 spiro atoms. The zero-order valence-corrected chi connectivity index (χ0v) is 8.03. The van der Waals surface area contributed by atoms with Crippen molar-refractivity contribution in [1.29, 1.82) is 0 Å². The Balaban J connectivity index is 2.25. The first-order valence-electron chi connectivity index (χ1n) is 4.56. The van der Waals surface area contributed by atoms with Crippen LogP contribution in [0.3, 0.4) is 0 Å². The van der Waals surface area contributed by atoms with Crippen LogP contribution in [0.2, 0.25) is 0 Å². The third-order valence-corrected chi connectivity index (χ3v) is 2.19. The topological polar surface area (TPSA) is 33.4 Å². The highest BCUT2D eigenvalue weighted by Gasteiger charge is 2.03. The lowest BCUT2D eigenvalue weighted by molar-refractivity contribution is 0.463. The number of hydrogen-bond donors (Lipinski definition) is 1. The number of furan rings is 1. The van der Waals surface area contributed by atoms with Crippen LogP contribution < -0.4 is 0 Å². The molecule has 2 nitrogen and oxygen atoms in total. The molecule has 14 heavy (non-hydrogen) atoms. The minimum Gasteiger partial charge on any atom is -0.508 e. The van der Waals surface area contributed by atoms with Gasteiger partial charge in [0.15, 0.2) is 0 Å². The van der Waals surface area contributed by atoms with E-state index in [0.29, 0.717) is 12.2 Å². The fourth-order valence-corrected chi connectivity index (χ4v) is 1.42. The maximum atomic E-state index is 9.65. The normalized spacial score (nSPS) is 10.4. The second-order valence-electron chi connectivity index (χ2n) is 3.39. The molecule has 1 heterocycles. The van der Waals surface area contributed by atoms with Crippen molar-refractivity contribution < 1.29 is 9.52 Å². The average molecular weight is 188 g/mol. The molecule has 0 amide bonds. The van der Waals surface area contributed by atoms with Crippen LogP contribution in [-0.4, -0.2) is 5.11 Å². The maximum Gasteiger partial charge on any atom is 0.119 e. The van der Waals surface area contributed by atoms with Gasteiger partial charge in [-0.25, -0.2) is 0 Å². The van der Waals surface area contributed by atoms with Gasteiger partial charge in [0.05, 0.1) is 6.26 Å². The molecule has 0 unspecified atom stereocenters. The van der Waals surface area contributed by atoms with Crippen LogP contribution in [0.5, 0.6) is 5.75 Å². The Morgan fingerprint density at radius 1 is 1.29 bits per heavy atom. The molecule has 72 valence electrons. The van der Waals surface area contributed by atoms with Gasteiger partial charge in [-0.05, 0) is 30.7 Å². The third kappa shape index (κ3) is 1.79. The van der Waals surface area contributed by atoms with Crippen molar-refractivity contribution in [2.45, 2.75) is 13.3 Å². The standard InChI is InChI=1S/C12H12O2/c1-9-4-5-10(12(13)7-9)8-11-3-2-6-14-11/h2-7,13H,8H2,1H3. The second kappa shape index (κ2) is 3.58. The Morgan fingerprint density at radius 2 is 2.14 bits per heavy atom. The first kappa shape index (κ1) is 8.88. The Labute approximate surface area is 82.8 Å². The predicted octanol–water partition coefficient (Wildman–Crippen LogP) is 2.88. The molecule has 0 saturated carbocycles. The van der Waals surface area contributed by atoms with E-state index in [1.165, 1.54) is 0 Å². The van der Waals surface area contributed by atoms with Gasteiger partial charge in [0.25, 0.3) is 0 Å². The Morgan fingerprint density at radius 3 is 2.79 bits per heavy atom. The number of hydrogen-bond acceptors (Lipinski definition) is 2. The van der Waals surface area contributed by atoms with Crippen LogP contribution in [0.15, 0.2) is 41.0 Å². The number of benzene rings is 1. The van der Waals surface area contributed by atoms with Crippen LogP contribution in [0, 0.1) is 6.92 Å². The van der Waals surface area contributed by atoms with Gasteiger partial charge < -0.3 is 9.52 Å². The lowest BCUT2D eigenvalue weighted by Crippen LogP contribution is -1.87. The van der Waals surface area contributed by atoms with Gasteiger partial charge in [-0.15, -0.1) is 0 Å². The summed E-state index contributed by atoms with van der Waals surface area (Å²) in [6, 6.07) is 9.42. The molecule has 1 aromatic carbocycles. The summed E-state index contributed by atoms with van der Waals surface area (Å²) in [5.41, 5.74) is 1.95. The molecule has 0 saturated heterocycles. The fraction of sp³-hybridized carbons (Fsp3) is 0.167. The number of aromatic hydroxyl groups is 1. The summed E-state index contributed by atoms with van der Waals surface area (Å²) < 4.78 is 5.21. The zero-order chi connectivity index (χ0) is 9.97. The summed E-state index contributed by atoms with van der Waals surface area (Å²) in [6.45, 7) is 1.95. The molecule has 0 aliphatic carbocycles. The van der Waals surface area contributed by atoms with Crippen molar-refractivity contribution in [2.24, 2.45) is 0 Å². The van der Waals surface area contributed by atoms with Crippen LogP contribution in [0.4, 0.5) is 0 Å². The Bertz CT molecular complexity index is 416. The van der Waals surface area contributed by atoms with E-state index in [1.54, 1.807) is 12.3 Å². The molecular formula is C12H12O2. The predicted molar refractivity (Wildman–Crippen MR) is 54.4 cm³/mol. The minimum absolute atomic E-state index is 0.335. The van der Waals surface area contributed by atoms with E-state index in [-0.39, 0.29) is 0 Å². The fourth-order valence-electron chi connectivity index (χ4n) is 1.42. The van der Waals surface area contributed by atoms with E-state index < -0.39 is 0 Å². The summed E-state index contributed by atoms with van der Waals surface area (Å²) in [5.74, 6) is 1.20. The summed E-state index contributed by atoms with van der Waals surface area (Å²) in [4.78, 5) is 0. The largest absolute Gasteiger partial charge is 0.508 e. The lowest BCUT2D eigenvalue weighted by Gasteiger charge is -2.03. The highest BCUT2D eigenvalue weighted by molar-refractivity contribution is 5.37. The zero-order valence-electron chi connectivity index (χ0n) is 8.03. The minimum atomic E-state index is 0.335. The number of rotatable bonds is 2. The SMILES string of the molecule is Cc1ccc(Cc2ccco2)c(O)c1. The molecule has 0 fully saturated rings. The molecule has 1 N–H and O–H groups in total. The van der Waals surface area contributed by atoms with Crippen molar-refractivity contribution >= 4 is 0 Å². The monoisotopic (exact) mass is 188 g/mol. The molecule has 0 radical (unpaired) electrons. The third-order valence-electron chi connectivity index (χ3n) is 2.19. The molecule has 0 bridgehead atoms. The van der Waals surface area contributed by atoms with Crippen molar-refractivity contribution in [3.05, 3.63) is 53.5 Å². The maximum absolute atomic E-state index is 9.65. The summed E-state index contributed by atoms with van der Waals surface area (Å²) >= 11 is 0. The first-order chi connectivity index (χ1) is 6.75. The van der Waals surface area contributed by atoms with E-state index >= 15 is 0 Å². The van der Waals surface area contributed by atoms with Crippen LogP contribution in [-0.2, 0) is 6.42 Å². The van der Waals surface area contributed by atoms with Gasteiger partial charge >= 0.3 is 0 Å². The van der Waals surface area contributed by atoms with Crippen molar-refractivity contribution in [3.63, 3.8) is 0 Å². The molecule has 1 aromatic heterocycles. The number of aryl methyl sites for hydroxylation is 1. The van der Waals surface area contributed by atoms with Crippen LogP contribution in [0.1, 0.15) is 16.9 Å². The summed E-state index contributed by atoms with van der Waals surface area (Å²) in [5, 5.41) is 9.65. The van der Waals surface area contributed by atoms with Gasteiger partial charge in [-0.2, -0.15) is 0 Å². The summed E-state index contributed by atoms with van der Waals surface area (Å²) in [6.07, 6.45) is 2.28. The molecule has 2 rings (SSSR count). The molecule has 2 heteroatoms. The summed E-state index contributed by atoms with van der Waals surface area (Å²) in [7, 11) is 0. The quantitative estimate of drug-likeness (QED) is 0.786. The van der Waals surface area contributed by atoms with Gasteiger partial charge in [0, 0.05) is 12.0 Å². The van der Waals surface area contributed by atoms with Crippen LogP contribution in [0.25, 0.3) is 0 Å². The van der Waals surface area contributed by atoms with Gasteiger partial charge in [0.1, 0.15) is 11.5 Å². The highest BCUT2D eigenvalue weighted by Crippen LogP contribution is 2.21. The molecule has 0 aliphatic rings.